The van der Waals surface area contributed by atoms with Gasteiger partial charge < -0.3 is 5.32 Å². The van der Waals surface area contributed by atoms with Gasteiger partial charge >= 0.3 is 0 Å². The summed E-state index contributed by atoms with van der Waals surface area (Å²) in [7, 11) is 0. The number of rotatable bonds is 4. The molecular formula is C15H21BrClN. The quantitative estimate of drug-likeness (QED) is 0.835. The zero-order valence-electron chi connectivity index (χ0n) is 11.3. The fraction of sp³-hybridized carbons (Fsp3) is 0.600. The van der Waals surface area contributed by atoms with Gasteiger partial charge in [0, 0.05) is 21.6 Å². The van der Waals surface area contributed by atoms with Crippen molar-refractivity contribution in [1.29, 1.82) is 0 Å². The van der Waals surface area contributed by atoms with E-state index in [1.807, 2.05) is 6.07 Å². The van der Waals surface area contributed by atoms with Crippen LogP contribution >= 0.6 is 27.5 Å². The fourth-order valence-electron chi connectivity index (χ4n) is 2.11. The number of benzene rings is 1. The lowest BCUT2D eigenvalue weighted by Gasteiger charge is -2.25. The Labute approximate surface area is 123 Å². The van der Waals surface area contributed by atoms with Crippen LogP contribution in [0.2, 0.25) is 5.02 Å². The molecule has 0 spiro atoms. The molecule has 0 aliphatic heterocycles. The first-order valence-corrected chi connectivity index (χ1v) is 7.66. The summed E-state index contributed by atoms with van der Waals surface area (Å²) in [6, 6.07) is 6.21. The Morgan fingerprint density at radius 2 is 2.00 bits per heavy atom. The van der Waals surface area contributed by atoms with Gasteiger partial charge in [0.1, 0.15) is 0 Å². The van der Waals surface area contributed by atoms with E-state index >= 15 is 0 Å². The second-order valence-electron chi connectivity index (χ2n) is 6.52. The highest BCUT2D eigenvalue weighted by atomic mass is 79.9. The van der Waals surface area contributed by atoms with Crippen molar-refractivity contribution in [3.05, 3.63) is 33.3 Å². The van der Waals surface area contributed by atoms with Gasteiger partial charge in [0.25, 0.3) is 0 Å². The molecule has 1 fully saturated rings. The van der Waals surface area contributed by atoms with Crippen molar-refractivity contribution >= 4 is 27.5 Å². The molecule has 1 aromatic rings. The van der Waals surface area contributed by atoms with Crippen LogP contribution in [0.25, 0.3) is 0 Å². The van der Waals surface area contributed by atoms with Gasteiger partial charge in [-0.05, 0) is 63.1 Å². The minimum Gasteiger partial charge on any atom is -0.312 e. The molecule has 3 heteroatoms. The Morgan fingerprint density at radius 3 is 2.50 bits per heavy atom. The van der Waals surface area contributed by atoms with Crippen molar-refractivity contribution in [1.82, 2.24) is 5.32 Å². The number of nitrogens with one attached hydrogen (secondary N) is 1. The highest BCUT2D eigenvalue weighted by molar-refractivity contribution is 9.10. The van der Waals surface area contributed by atoms with E-state index in [0.29, 0.717) is 5.41 Å². The molecule has 2 rings (SSSR count). The standard InChI is InChI=1S/C15H21BrClN/c1-14(2,3)18-10-15(6-7-15)9-11-4-5-12(16)8-13(11)17/h4-5,8,18H,6-7,9-10H2,1-3H3. The molecule has 0 heterocycles. The molecule has 0 aromatic heterocycles. The maximum atomic E-state index is 6.30. The first-order valence-electron chi connectivity index (χ1n) is 6.49. The van der Waals surface area contributed by atoms with Crippen molar-refractivity contribution in [3.63, 3.8) is 0 Å². The number of hydrogen-bond acceptors (Lipinski definition) is 1. The van der Waals surface area contributed by atoms with Crippen molar-refractivity contribution in [2.75, 3.05) is 6.54 Å². The summed E-state index contributed by atoms with van der Waals surface area (Å²) in [5.74, 6) is 0. The Kier molecular flexibility index (Phi) is 4.10. The van der Waals surface area contributed by atoms with Gasteiger partial charge in [-0.15, -0.1) is 0 Å². The van der Waals surface area contributed by atoms with Gasteiger partial charge in [0.2, 0.25) is 0 Å². The van der Waals surface area contributed by atoms with Crippen LogP contribution in [-0.2, 0) is 6.42 Å². The molecule has 0 bridgehead atoms. The van der Waals surface area contributed by atoms with Crippen molar-refractivity contribution < 1.29 is 0 Å². The summed E-state index contributed by atoms with van der Waals surface area (Å²) in [4.78, 5) is 0. The zero-order chi connectivity index (χ0) is 13.4. The average molecular weight is 331 g/mol. The van der Waals surface area contributed by atoms with E-state index in [4.69, 9.17) is 11.6 Å². The maximum Gasteiger partial charge on any atom is 0.0449 e. The van der Waals surface area contributed by atoms with Gasteiger partial charge in [-0.1, -0.05) is 33.6 Å². The largest absolute Gasteiger partial charge is 0.312 e. The summed E-state index contributed by atoms with van der Waals surface area (Å²) in [5, 5.41) is 4.50. The van der Waals surface area contributed by atoms with Crippen LogP contribution in [0.15, 0.2) is 22.7 Å². The Balaban J connectivity index is 2.00. The van der Waals surface area contributed by atoms with Gasteiger partial charge in [0.05, 0.1) is 0 Å². The molecule has 1 nitrogen and oxygen atoms in total. The molecule has 1 saturated carbocycles. The Morgan fingerprint density at radius 1 is 1.33 bits per heavy atom. The first-order chi connectivity index (χ1) is 8.30. The molecule has 0 saturated heterocycles. The summed E-state index contributed by atoms with van der Waals surface area (Å²) >= 11 is 9.75. The SMILES string of the molecule is CC(C)(C)NCC1(Cc2ccc(Br)cc2Cl)CC1. The predicted octanol–water partition coefficient (Wildman–Crippen LogP) is 4.81. The lowest BCUT2D eigenvalue weighted by atomic mass is 9.95. The van der Waals surface area contributed by atoms with Crippen molar-refractivity contribution in [3.8, 4) is 0 Å². The van der Waals surface area contributed by atoms with Crippen LogP contribution in [0.3, 0.4) is 0 Å². The maximum absolute atomic E-state index is 6.30. The number of hydrogen-bond donors (Lipinski definition) is 1. The van der Waals surface area contributed by atoms with Crippen LogP contribution in [0.5, 0.6) is 0 Å². The molecule has 18 heavy (non-hydrogen) atoms. The minimum atomic E-state index is 0.194. The predicted molar refractivity (Wildman–Crippen MR) is 82.3 cm³/mol. The van der Waals surface area contributed by atoms with E-state index in [1.54, 1.807) is 0 Å². The lowest BCUT2D eigenvalue weighted by Crippen LogP contribution is -2.40. The first kappa shape index (κ1) is 14.4. The summed E-state index contributed by atoms with van der Waals surface area (Å²) < 4.78 is 1.05. The van der Waals surface area contributed by atoms with Crippen LogP contribution in [0.4, 0.5) is 0 Å². The molecular weight excluding hydrogens is 310 g/mol. The van der Waals surface area contributed by atoms with E-state index < -0.39 is 0 Å². The number of halogens is 2. The van der Waals surface area contributed by atoms with E-state index in [1.165, 1.54) is 18.4 Å². The Hall–Kier alpha value is -0.0500. The van der Waals surface area contributed by atoms with Crippen LogP contribution < -0.4 is 5.32 Å². The van der Waals surface area contributed by atoms with E-state index in [-0.39, 0.29) is 5.54 Å². The smallest absolute Gasteiger partial charge is 0.0449 e. The molecule has 1 aliphatic carbocycles. The monoisotopic (exact) mass is 329 g/mol. The molecule has 0 radical (unpaired) electrons. The second kappa shape index (κ2) is 5.15. The van der Waals surface area contributed by atoms with E-state index in [2.05, 4.69) is 54.2 Å². The van der Waals surface area contributed by atoms with Crippen LogP contribution in [0, 0.1) is 5.41 Å². The second-order valence-corrected chi connectivity index (χ2v) is 7.84. The lowest BCUT2D eigenvalue weighted by molar-refractivity contribution is 0.356. The van der Waals surface area contributed by atoms with Gasteiger partial charge in [0.15, 0.2) is 0 Å². The van der Waals surface area contributed by atoms with Crippen LogP contribution in [-0.4, -0.2) is 12.1 Å². The summed E-state index contributed by atoms with van der Waals surface area (Å²) in [5.41, 5.74) is 1.90. The molecule has 1 aliphatic rings. The Bertz CT molecular complexity index is 433. The van der Waals surface area contributed by atoms with Crippen molar-refractivity contribution in [2.45, 2.75) is 45.6 Å². The van der Waals surface area contributed by atoms with E-state index in [0.717, 1.165) is 22.5 Å². The topological polar surface area (TPSA) is 12.0 Å². The zero-order valence-corrected chi connectivity index (χ0v) is 13.7. The van der Waals surface area contributed by atoms with Gasteiger partial charge in [-0.25, -0.2) is 0 Å². The third-order valence-electron chi connectivity index (χ3n) is 3.53. The molecule has 0 atom stereocenters. The van der Waals surface area contributed by atoms with Gasteiger partial charge in [-0.2, -0.15) is 0 Å². The van der Waals surface area contributed by atoms with Crippen LogP contribution in [0.1, 0.15) is 39.2 Å². The normalized spacial score (nSPS) is 17.8. The molecule has 0 amide bonds. The van der Waals surface area contributed by atoms with E-state index in [9.17, 15) is 0 Å². The van der Waals surface area contributed by atoms with Gasteiger partial charge in [-0.3, -0.25) is 0 Å². The highest BCUT2D eigenvalue weighted by Crippen LogP contribution is 2.49. The minimum absolute atomic E-state index is 0.194. The fourth-order valence-corrected chi connectivity index (χ4v) is 2.85. The molecule has 1 N–H and O–H groups in total. The third-order valence-corrected chi connectivity index (χ3v) is 4.38. The van der Waals surface area contributed by atoms with Crippen molar-refractivity contribution in [2.24, 2.45) is 5.41 Å². The average Bonchev–Trinajstić information content (AvgIpc) is 3.00. The summed E-state index contributed by atoms with van der Waals surface area (Å²) in [6.45, 7) is 7.74. The third kappa shape index (κ3) is 3.97. The molecule has 1 aromatic carbocycles. The summed E-state index contributed by atoms with van der Waals surface area (Å²) in [6.07, 6.45) is 3.70. The molecule has 0 unspecified atom stereocenters. The molecule has 100 valence electrons. The highest BCUT2D eigenvalue weighted by Gasteiger charge is 2.43.